The van der Waals surface area contributed by atoms with Crippen LogP contribution in [0, 0.1) is 0 Å². The number of hydrogen-bond acceptors (Lipinski definition) is 5. The lowest BCUT2D eigenvalue weighted by atomic mass is 10.2. The summed E-state index contributed by atoms with van der Waals surface area (Å²) in [5.41, 5.74) is 0.921. The molecule has 2 rings (SSSR count). The van der Waals surface area contributed by atoms with Crippen LogP contribution in [0.3, 0.4) is 0 Å². The summed E-state index contributed by atoms with van der Waals surface area (Å²) in [4.78, 5) is 9.83. The van der Waals surface area contributed by atoms with E-state index >= 15 is 0 Å². The molecule has 1 saturated heterocycles. The van der Waals surface area contributed by atoms with Gasteiger partial charge in [0.15, 0.2) is 17.5 Å². The highest BCUT2D eigenvalue weighted by Crippen LogP contribution is 2.30. The van der Waals surface area contributed by atoms with Gasteiger partial charge in [-0.1, -0.05) is 6.92 Å². The zero-order valence-electron chi connectivity index (χ0n) is 18.1. The molecule has 1 aromatic rings. The first-order valence-corrected chi connectivity index (χ1v) is 10.4. The Bertz CT molecular complexity index is 615. The maximum atomic E-state index is 5.59. The van der Waals surface area contributed by atoms with E-state index in [2.05, 4.69) is 41.2 Å². The summed E-state index contributed by atoms with van der Waals surface area (Å²) in [7, 11) is 1.65. The van der Waals surface area contributed by atoms with Gasteiger partial charge in [0.2, 0.25) is 0 Å². The molecule has 1 atom stereocenters. The fraction of sp³-hybridized carbons (Fsp3) is 0.667. The highest BCUT2D eigenvalue weighted by molar-refractivity contribution is 5.93. The standard InChI is InChI=1S/C21H37N5O2/c1-6-22-21(23-16-17(4)26-13-11-25(7-2)12-14-26)24-18-9-10-19(28-8-3)20(15-18)27-5/h9-10,15,17H,6-8,11-14,16H2,1-5H3,(H2,22,23,24). The minimum absolute atomic E-state index is 0.421. The first-order valence-electron chi connectivity index (χ1n) is 10.4. The number of rotatable bonds is 9. The van der Waals surface area contributed by atoms with Gasteiger partial charge in [-0.25, -0.2) is 0 Å². The van der Waals surface area contributed by atoms with Gasteiger partial charge in [0, 0.05) is 50.5 Å². The third kappa shape index (κ3) is 6.56. The van der Waals surface area contributed by atoms with E-state index in [1.807, 2.05) is 25.1 Å². The number of likely N-dealkylation sites (N-methyl/N-ethyl adjacent to an activating group) is 1. The van der Waals surface area contributed by atoms with E-state index in [9.17, 15) is 0 Å². The average Bonchev–Trinajstić information content (AvgIpc) is 2.73. The fourth-order valence-electron chi connectivity index (χ4n) is 3.32. The lowest BCUT2D eigenvalue weighted by molar-refractivity contribution is 0.109. The summed E-state index contributed by atoms with van der Waals surface area (Å²) in [5, 5.41) is 6.70. The second-order valence-electron chi connectivity index (χ2n) is 6.96. The average molecular weight is 392 g/mol. The van der Waals surface area contributed by atoms with Gasteiger partial charge in [-0.2, -0.15) is 0 Å². The van der Waals surface area contributed by atoms with Crippen LogP contribution in [0.25, 0.3) is 0 Å². The highest BCUT2D eigenvalue weighted by atomic mass is 16.5. The smallest absolute Gasteiger partial charge is 0.195 e. The number of benzene rings is 1. The van der Waals surface area contributed by atoms with Crippen LogP contribution in [-0.4, -0.2) is 81.3 Å². The summed E-state index contributed by atoms with van der Waals surface area (Å²) >= 11 is 0. The number of anilines is 1. The van der Waals surface area contributed by atoms with E-state index in [4.69, 9.17) is 14.5 Å². The van der Waals surface area contributed by atoms with Crippen molar-refractivity contribution in [1.82, 2.24) is 15.1 Å². The van der Waals surface area contributed by atoms with Crippen LogP contribution in [0.15, 0.2) is 23.2 Å². The zero-order valence-corrected chi connectivity index (χ0v) is 18.1. The SMILES string of the molecule is CCNC(=NCC(C)N1CCN(CC)CC1)Nc1ccc(OCC)c(OC)c1. The summed E-state index contributed by atoms with van der Waals surface area (Å²) in [6.45, 7) is 16.4. The summed E-state index contributed by atoms with van der Waals surface area (Å²) < 4.78 is 11.0. The van der Waals surface area contributed by atoms with Crippen molar-refractivity contribution >= 4 is 11.6 Å². The maximum Gasteiger partial charge on any atom is 0.195 e. The van der Waals surface area contributed by atoms with Crippen molar-refractivity contribution in [1.29, 1.82) is 0 Å². The van der Waals surface area contributed by atoms with Crippen molar-refractivity contribution in [2.24, 2.45) is 4.99 Å². The molecule has 1 fully saturated rings. The number of piperazine rings is 1. The van der Waals surface area contributed by atoms with Crippen LogP contribution in [0.5, 0.6) is 11.5 Å². The number of ether oxygens (including phenoxy) is 2. The first-order chi connectivity index (χ1) is 13.6. The number of nitrogens with one attached hydrogen (secondary N) is 2. The minimum atomic E-state index is 0.421. The molecule has 7 nitrogen and oxygen atoms in total. The third-order valence-corrected chi connectivity index (χ3v) is 5.06. The molecule has 1 aromatic carbocycles. The first kappa shape index (κ1) is 22.3. The van der Waals surface area contributed by atoms with E-state index in [0.29, 0.717) is 18.4 Å². The van der Waals surface area contributed by atoms with Crippen LogP contribution in [-0.2, 0) is 0 Å². The molecule has 0 aliphatic carbocycles. The fourth-order valence-corrected chi connectivity index (χ4v) is 3.32. The lowest BCUT2D eigenvalue weighted by Crippen LogP contribution is -2.50. The van der Waals surface area contributed by atoms with Gasteiger partial charge in [-0.15, -0.1) is 0 Å². The van der Waals surface area contributed by atoms with Crippen molar-refractivity contribution in [3.05, 3.63) is 18.2 Å². The summed E-state index contributed by atoms with van der Waals surface area (Å²) in [5.74, 6) is 2.25. The Morgan fingerprint density at radius 1 is 1.14 bits per heavy atom. The lowest BCUT2D eigenvalue weighted by Gasteiger charge is -2.37. The van der Waals surface area contributed by atoms with Gasteiger partial charge in [0.1, 0.15) is 0 Å². The topological polar surface area (TPSA) is 61.4 Å². The number of guanidine groups is 1. The highest BCUT2D eigenvalue weighted by Gasteiger charge is 2.20. The van der Waals surface area contributed by atoms with E-state index in [1.165, 1.54) is 0 Å². The molecule has 1 unspecified atom stereocenters. The van der Waals surface area contributed by atoms with Crippen LogP contribution in [0.2, 0.25) is 0 Å². The molecule has 1 aliphatic rings. The van der Waals surface area contributed by atoms with Crippen molar-refractivity contribution in [2.75, 3.05) is 64.8 Å². The molecule has 7 heteroatoms. The molecule has 1 heterocycles. The van der Waals surface area contributed by atoms with Gasteiger partial charge in [-0.3, -0.25) is 9.89 Å². The maximum absolute atomic E-state index is 5.59. The normalized spacial score (nSPS) is 17.2. The van der Waals surface area contributed by atoms with E-state index in [-0.39, 0.29) is 0 Å². The molecule has 28 heavy (non-hydrogen) atoms. The predicted octanol–water partition coefficient (Wildman–Crippen LogP) is 2.50. The largest absolute Gasteiger partial charge is 0.493 e. The molecule has 0 bridgehead atoms. The van der Waals surface area contributed by atoms with Crippen molar-refractivity contribution in [2.45, 2.75) is 33.7 Å². The Labute approximate surface area is 170 Å². The molecule has 0 saturated carbocycles. The van der Waals surface area contributed by atoms with Gasteiger partial charge in [-0.05, 0) is 39.4 Å². The van der Waals surface area contributed by atoms with Crippen LogP contribution < -0.4 is 20.1 Å². The second-order valence-corrected chi connectivity index (χ2v) is 6.96. The molecular formula is C21H37N5O2. The van der Waals surface area contributed by atoms with Crippen molar-refractivity contribution < 1.29 is 9.47 Å². The molecule has 1 aliphatic heterocycles. The Morgan fingerprint density at radius 2 is 1.89 bits per heavy atom. The molecule has 0 radical (unpaired) electrons. The van der Waals surface area contributed by atoms with Crippen LogP contribution in [0.4, 0.5) is 5.69 Å². The van der Waals surface area contributed by atoms with Crippen molar-refractivity contribution in [3.8, 4) is 11.5 Å². The molecule has 0 spiro atoms. The molecular weight excluding hydrogens is 354 g/mol. The van der Waals surface area contributed by atoms with E-state index in [1.54, 1.807) is 7.11 Å². The van der Waals surface area contributed by atoms with E-state index in [0.717, 1.165) is 63.2 Å². The van der Waals surface area contributed by atoms with Gasteiger partial charge in [0.25, 0.3) is 0 Å². The number of methoxy groups -OCH3 is 1. The monoisotopic (exact) mass is 391 g/mol. The second kappa shape index (κ2) is 11.8. The zero-order chi connectivity index (χ0) is 20.4. The third-order valence-electron chi connectivity index (χ3n) is 5.06. The van der Waals surface area contributed by atoms with Gasteiger partial charge in [0.05, 0.1) is 20.3 Å². The Morgan fingerprint density at radius 3 is 2.50 bits per heavy atom. The Hall–Kier alpha value is -1.99. The van der Waals surface area contributed by atoms with Gasteiger partial charge >= 0.3 is 0 Å². The van der Waals surface area contributed by atoms with Crippen LogP contribution >= 0.6 is 0 Å². The molecule has 2 N–H and O–H groups in total. The molecule has 0 amide bonds. The summed E-state index contributed by atoms with van der Waals surface area (Å²) in [6, 6.07) is 6.26. The Balaban J connectivity index is 1.98. The predicted molar refractivity (Wildman–Crippen MR) is 117 cm³/mol. The number of nitrogens with zero attached hydrogens (tertiary/aromatic N) is 3. The van der Waals surface area contributed by atoms with Crippen LogP contribution in [0.1, 0.15) is 27.7 Å². The van der Waals surface area contributed by atoms with E-state index < -0.39 is 0 Å². The molecule has 0 aromatic heterocycles. The number of hydrogen-bond donors (Lipinski definition) is 2. The van der Waals surface area contributed by atoms with Gasteiger partial charge < -0.3 is 25.0 Å². The quantitative estimate of drug-likeness (QED) is 0.498. The van der Waals surface area contributed by atoms with Crippen molar-refractivity contribution in [3.63, 3.8) is 0 Å². The molecule has 158 valence electrons. The minimum Gasteiger partial charge on any atom is -0.493 e. The summed E-state index contributed by atoms with van der Waals surface area (Å²) in [6.07, 6.45) is 0. The number of aliphatic imine (C=N–C) groups is 1. The Kier molecular flexibility index (Phi) is 9.37.